The van der Waals surface area contributed by atoms with Crippen LogP contribution in [0, 0.1) is 37.1 Å². The van der Waals surface area contributed by atoms with Gasteiger partial charge in [0, 0.05) is 110 Å². The molecule has 9 rings (SSSR count). The first-order chi connectivity index (χ1) is 29.0. The summed E-state index contributed by atoms with van der Waals surface area (Å²) in [7, 11) is 0. The number of amides is 2. The van der Waals surface area contributed by atoms with Gasteiger partial charge in [-0.15, -0.1) is 0 Å². The molecule has 310 valence electrons. The summed E-state index contributed by atoms with van der Waals surface area (Å²) >= 11 is 6.22. The molecular formula is C43H40ClF4N9O3. The van der Waals surface area contributed by atoms with Gasteiger partial charge in [-0.05, 0) is 39.5 Å². The van der Waals surface area contributed by atoms with Crippen LogP contribution in [0.5, 0.6) is 0 Å². The molecule has 0 bridgehead atoms. The maximum Gasteiger partial charge on any atom is 0.228 e. The van der Waals surface area contributed by atoms with Crippen LogP contribution < -0.4 is 20.0 Å². The summed E-state index contributed by atoms with van der Waals surface area (Å²) in [5, 5.41) is 3.82. The van der Waals surface area contributed by atoms with Crippen molar-refractivity contribution in [1.82, 2.24) is 24.9 Å². The molecular weight excluding hydrogens is 802 g/mol. The summed E-state index contributed by atoms with van der Waals surface area (Å²) in [6.07, 6.45) is 10.7. The maximum absolute atomic E-state index is 15.4. The average molecular weight is 842 g/mol. The number of anilines is 5. The summed E-state index contributed by atoms with van der Waals surface area (Å²) in [6, 6.07) is 5.84. The van der Waals surface area contributed by atoms with Gasteiger partial charge in [-0.2, -0.15) is 0 Å². The minimum Gasteiger partial charge on any atom is -0.378 e. The fourth-order valence-corrected chi connectivity index (χ4v) is 8.07. The minimum absolute atomic E-state index is 0.0378. The van der Waals surface area contributed by atoms with Crippen LogP contribution in [0.4, 0.5) is 46.4 Å². The van der Waals surface area contributed by atoms with Gasteiger partial charge >= 0.3 is 0 Å². The van der Waals surface area contributed by atoms with Crippen molar-refractivity contribution in [2.45, 2.75) is 52.4 Å². The highest BCUT2D eigenvalue weighted by Crippen LogP contribution is 2.41. The molecule has 1 N–H and O–H groups in total. The smallest absolute Gasteiger partial charge is 0.228 e. The molecule has 12 nitrogen and oxygen atoms in total. The third-order valence-electron chi connectivity index (χ3n) is 10.9. The predicted molar refractivity (Wildman–Crippen MR) is 222 cm³/mol. The van der Waals surface area contributed by atoms with E-state index in [0.717, 1.165) is 55.3 Å². The Labute approximate surface area is 347 Å². The molecule has 0 spiro atoms. The van der Waals surface area contributed by atoms with Gasteiger partial charge in [-0.25, -0.2) is 42.5 Å². The lowest BCUT2D eigenvalue weighted by molar-refractivity contribution is -0.120. The maximum atomic E-state index is 15.4. The summed E-state index contributed by atoms with van der Waals surface area (Å²) in [5.41, 5.74) is 3.83. The van der Waals surface area contributed by atoms with Gasteiger partial charge in [0.1, 0.15) is 47.0 Å². The topological polar surface area (TPSA) is 130 Å². The fourth-order valence-electron chi connectivity index (χ4n) is 7.80. The predicted octanol–water partition coefficient (Wildman–Crippen LogP) is 8.76. The molecule has 2 amide bonds. The lowest BCUT2D eigenvalue weighted by atomic mass is 10.0. The summed E-state index contributed by atoms with van der Waals surface area (Å²) in [6.45, 7) is 7.09. The number of halogens is 5. The third kappa shape index (κ3) is 8.13. The van der Waals surface area contributed by atoms with Crippen LogP contribution in [-0.4, -0.2) is 76.1 Å². The first-order valence-corrected chi connectivity index (χ1v) is 20.1. The average Bonchev–Trinajstić information content (AvgIpc) is 3.24. The molecule has 4 aromatic heterocycles. The number of carbonyl (C=O) groups excluding carboxylic acids is 2. The number of hydrogen-bond acceptors (Lipinski definition) is 10. The van der Waals surface area contributed by atoms with Crippen LogP contribution in [0.1, 0.15) is 49.7 Å². The van der Waals surface area contributed by atoms with Gasteiger partial charge in [-0.1, -0.05) is 11.6 Å². The second-order valence-corrected chi connectivity index (χ2v) is 15.2. The highest BCUT2D eigenvalue weighted by Gasteiger charge is 2.28. The van der Waals surface area contributed by atoms with Gasteiger partial charge in [0.25, 0.3) is 0 Å². The van der Waals surface area contributed by atoms with Crippen LogP contribution >= 0.6 is 11.6 Å². The van der Waals surface area contributed by atoms with Gasteiger partial charge in [0.15, 0.2) is 0 Å². The Morgan fingerprint density at radius 1 is 0.700 bits per heavy atom. The Hall–Kier alpha value is -6.00. The molecule has 3 saturated heterocycles. The molecule has 7 heterocycles. The lowest BCUT2D eigenvalue weighted by Gasteiger charge is -2.30. The van der Waals surface area contributed by atoms with E-state index < -0.39 is 23.3 Å². The van der Waals surface area contributed by atoms with E-state index in [9.17, 15) is 22.8 Å². The molecule has 0 radical (unpaired) electrons. The van der Waals surface area contributed by atoms with E-state index in [1.165, 1.54) is 12.4 Å². The normalized spacial score (nSPS) is 16.0. The molecule has 6 aromatic rings. The standard InChI is InChI=1S/C28H27F2N7O2.C15H13ClF2N2O/c1-17-27(26-21(30)10-19(29)11-23(26)35-28(17)37-5-3-2-4-25(37)38)34-22-12-24(36-6-8-39-9-7-36)33-15-20(22)18-13-31-16-32-14-18;1-8-14(16)13-10(18)6-9(17)7-11(13)19-15(8)20-5-3-2-4-12(20)21/h10-16H,2-9H2,1H3,(H,33,34,35);6-7H,2-5H2,1H3. The third-order valence-corrected chi connectivity index (χ3v) is 11.4. The van der Waals surface area contributed by atoms with Crippen LogP contribution in [0.2, 0.25) is 5.02 Å². The van der Waals surface area contributed by atoms with Crippen LogP contribution in [0.3, 0.4) is 0 Å². The Bertz CT molecular complexity index is 2630. The van der Waals surface area contributed by atoms with Crippen molar-refractivity contribution in [2.75, 3.05) is 59.4 Å². The molecule has 17 heteroatoms. The molecule has 0 unspecified atom stereocenters. The van der Waals surface area contributed by atoms with Crippen molar-refractivity contribution < 1.29 is 31.9 Å². The van der Waals surface area contributed by atoms with Gasteiger partial charge in [0.2, 0.25) is 11.8 Å². The highest BCUT2D eigenvalue weighted by molar-refractivity contribution is 6.36. The SMILES string of the molecule is Cc1c(N2CCCCC2=O)nc2cc(F)cc(F)c2c1Cl.Cc1c(N2CCCCC2=O)nc2cc(F)cc(F)c2c1Nc1cc(N2CCOCC2)ncc1-c1cncnc1. The Balaban J connectivity index is 0.000000200. The highest BCUT2D eigenvalue weighted by atomic mass is 35.5. The van der Waals surface area contributed by atoms with Crippen molar-refractivity contribution in [3.8, 4) is 11.1 Å². The number of ether oxygens (including phenoxy) is 1. The van der Waals surface area contributed by atoms with E-state index in [4.69, 9.17) is 16.3 Å². The Kier molecular flexibility index (Phi) is 11.8. The second-order valence-electron chi connectivity index (χ2n) is 14.8. The van der Waals surface area contributed by atoms with E-state index in [0.29, 0.717) is 91.9 Å². The number of pyridine rings is 3. The number of benzene rings is 2. The van der Waals surface area contributed by atoms with Crippen molar-refractivity contribution in [3.05, 3.63) is 94.7 Å². The fraction of sp³-hybridized carbons (Fsp3) is 0.326. The molecule has 2 aromatic carbocycles. The quantitative estimate of drug-likeness (QED) is 0.163. The molecule has 60 heavy (non-hydrogen) atoms. The second kappa shape index (κ2) is 17.3. The molecule has 0 aliphatic carbocycles. The van der Waals surface area contributed by atoms with E-state index in [1.54, 1.807) is 42.2 Å². The zero-order chi connectivity index (χ0) is 42.1. The molecule has 3 aliphatic rings. The summed E-state index contributed by atoms with van der Waals surface area (Å²) < 4.78 is 62.5. The van der Waals surface area contributed by atoms with E-state index in [1.807, 2.05) is 6.07 Å². The molecule has 0 saturated carbocycles. The summed E-state index contributed by atoms with van der Waals surface area (Å²) in [4.78, 5) is 52.0. The van der Waals surface area contributed by atoms with Crippen LogP contribution in [0.15, 0.2) is 55.2 Å². The minimum atomic E-state index is -0.748. The molecule has 3 aliphatic heterocycles. The summed E-state index contributed by atoms with van der Waals surface area (Å²) in [5.74, 6) is -1.52. The number of nitrogens with one attached hydrogen (secondary N) is 1. The van der Waals surface area contributed by atoms with Crippen molar-refractivity contribution in [2.24, 2.45) is 0 Å². The monoisotopic (exact) mass is 841 g/mol. The first kappa shape index (κ1) is 40.8. The zero-order valence-electron chi connectivity index (χ0n) is 32.9. The van der Waals surface area contributed by atoms with E-state index in [2.05, 4.69) is 35.1 Å². The largest absolute Gasteiger partial charge is 0.378 e. The van der Waals surface area contributed by atoms with Crippen molar-refractivity contribution >= 4 is 74.0 Å². The number of nitrogens with zero attached hydrogens (tertiary/aromatic N) is 8. The van der Waals surface area contributed by atoms with Gasteiger partial charge in [-0.3, -0.25) is 19.4 Å². The first-order valence-electron chi connectivity index (χ1n) is 19.7. The number of hydrogen-bond donors (Lipinski definition) is 1. The van der Waals surface area contributed by atoms with Crippen LogP contribution in [0.25, 0.3) is 32.9 Å². The number of aromatic nitrogens is 5. The Morgan fingerprint density at radius 3 is 1.87 bits per heavy atom. The van der Waals surface area contributed by atoms with E-state index >= 15 is 4.39 Å². The number of fused-ring (bicyclic) bond motifs is 2. The van der Waals surface area contributed by atoms with Gasteiger partial charge in [0.05, 0.1) is 51.4 Å². The zero-order valence-corrected chi connectivity index (χ0v) is 33.6. The van der Waals surface area contributed by atoms with Crippen LogP contribution in [-0.2, 0) is 14.3 Å². The van der Waals surface area contributed by atoms with E-state index in [-0.39, 0.29) is 38.6 Å². The van der Waals surface area contributed by atoms with Crippen molar-refractivity contribution in [1.29, 1.82) is 0 Å². The number of morpholine rings is 1. The number of rotatable bonds is 6. The Morgan fingerprint density at radius 2 is 1.27 bits per heavy atom. The molecule has 0 atom stereocenters. The number of carbonyl (C=O) groups is 2. The van der Waals surface area contributed by atoms with Gasteiger partial charge < -0.3 is 15.0 Å². The number of piperidine rings is 2. The molecule has 3 fully saturated rings. The van der Waals surface area contributed by atoms with Crippen molar-refractivity contribution in [3.63, 3.8) is 0 Å². The lowest BCUT2D eigenvalue weighted by Crippen LogP contribution is -2.36.